The quantitative estimate of drug-likeness (QED) is 0.809. The molecule has 104 valence electrons. The van der Waals surface area contributed by atoms with E-state index in [2.05, 4.69) is 29.0 Å². The molecule has 2 aliphatic heterocycles. The molecule has 2 fully saturated rings. The van der Waals surface area contributed by atoms with Gasteiger partial charge in [-0.05, 0) is 18.8 Å². The van der Waals surface area contributed by atoms with E-state index in [-0.39, 0.29) is 0 Å². The normalized spacial score (nSPS) is 25.9. The van der Waals surface area contributed by atoms with Crippen LogP contribution in [0.25, 0.3) is 0 Å². The molecule has 1 N–H and O–H groups in total. The van der Waals surface area contributed by atoms with Crippen LogP contribution in [0.1, 0.15) is 33.1 Å². The molecule has 0 radical (unpaired) electrons. The van der Waals surface area contributed by atoms with Gasteiger partial charge in [0.15, 0.2) is 0 Å². The van der Waals surface area contributed by atoms with E-state index < -0.39 is 0 Å². The summed E-state index contributed by atoms with van der Waals surface area (Å²) < 4.78 is 0. The van der Waals surface area contributed by atoms with Crippen LogP contribution in [0.3, 0.4) is 0 Å². The van der Waals surface area contributed by atoms with Crippen LogP contribution in [-0.4, -0.2) is 61.0 Å². The van der Waals surface area contributed by atoms with Gasteiger partial charge in [-0.3, -0.25) is 9.69 Å². The molecule has 4 heteroatoms. The molecule has 1 amide bonds. The van der Waals surface area contributed by atoms with Gasteiger partial charge in [0.05, 0.1) is 0 Å². The molecule has 1 unspecified atom stereocenters. The fourth-order valence-electron chi connectivity index (χ4n) is 3.01. The minimum absolute atomic E-state index is 0.364. The Balaban J connectivity index is 1.84. The predicted octanol–water partition coefficient (Wildman–Crippen LogP) is 0.929. The van der Waals surface area contributed by atoms with E-state index in [0.29, 0.717) is 24.3 Å². The summed E-state index contributed by atoms with van der Waals surface area (Å²) in [6, 6.07) is 0.467. The van der Waals surface area contributed by atoms with Gasteiger partial charge in [-0.15, -0.1) is 0 Å². The lowest BCUT2D eigenvalue weighted by Crippen LogP contribution is -2.49. The molecule has 0 saturated carbocycles. The van der Waals surface area contributed by atoms with Gasteiger partial charge in [-0.2, -0.15) is 0 Å². The third kappa shape index (κ3) is 3.69. The van der Waals surface area contributed by atoms with E-state index in [1.165, 1.54) is 12.8 Å². The molecule has 0 spiro atoms. The summed E-state index contributed by atoms with van der Waals surface area (Å²) in [5.74, 6) is 0.834. The Hall–Kier alpha value is -0.610. The van der Waals surface area contributed by atoms with Crippen molar-refractivity contribution in [3.8, 4) is 0 Å². The van der Waals surface area contributed by atoms with Crippen molar-refractivity contribution in [3.63, 3.8) is 0 Å². The fourth-order valence-corrected chi connectivity index (χ4v) is 3.01. The van der Waals surface area contributed by atoms with Crippen molar-refractivity contribution in [1.29, 1.82) is 0 Å². The monoisotopic (exact) mass is 253 g/mol. The molecule has 0 aromatic carbocycles. The number of amides is 1. The maximum absolute atomic E-state index is 12.2. The van der Waals surface area contributed by atoms with Crippen molar-refractivity contribution in [2.24, 2.45) is 5.92 Å². The van der Waals surface area contributed by atoms with E-state index in [1.54, 1.807) is 0 Å². The van der Waals surface area contributed by atoms with Crippen LogP contribution in [0, 0.1) is 5.92 Å². The number of carbonyl (C=O) groups excluding carboxylic acids is 1. The Kier molecular flexibility index (Phi) is 5.01. The number of hydrogen-bond donors (Lipinski definition) is 1. The van der Waals surface area contributed by atoms with Crippen LogP contribution in [0.4, 0.5) is 0 Å². The first-order valence-corrected chi connectivity index (χ1v) is 7.39. The summed E-state index contributed by atoms with van der Waals surface area (Å²) >= 11 is 0. The Morgan fingerprint density at radius 1 is 1.28 bits per heavy atom. The first-order valence-electron chi connectivity index (χ1n) is 7.39. The van der Waals surface area contributed by atoms with E-state index in [9.17, 15) is 4.79 Å². The molecule has 1 atom stereocenters. The second-order valence-electron chi connectivity index (χ2n) is 6.03. The minimum Gasteiger partial charge on any atom is -0.338 e. The summed E-state index contributed by atoms with van der Waals surface area (Å²) in [5.41, 5.74) is 0. The molecule has 2 aliphatic rings. The van der Waals surface area contributed by atoms with Crippen molar-refractivity contribution >= 4 is 5.91 Å². The Bertz CT molecular complexity index is 274. The van der Waals surface area contributed by atoms with Gasteiger partial charge < -0.3 is 10.2 Å². The Morgan fingerprint density at radius 2 is 2.00 bits per heavy atom. The first kappa shape index (κ1) is 13.8. The summed E-state index contributed by atoms with van der Waals surface area (Å²) in [6.45, 7) is 10.7. The van der Waals surface area contributed by atoms with Crippen molar-refractivity contribution in [2.75, 3.05) is 39.3 Å². The molecular weight excluding hydrogens is 226 g/mol. The first-order chi connectivity index (χ1) is 8.66. The van der Waals surface area contributed by atoms with Crippen LogP contribution in [-0.2, 0) is 4.79 Å². The van der Waals surface area contributed by atoms with E-state index >= 15 is 0 Å². The van der Waals surface area contributed by atoms with E-state index in [4.69, 9.17) is 0 Å². The number of nitrogens with one attached hydrogen (secondary N) is 1. The molecule has 2 heterocycles. The van der Waals surface area contributed by atoms with Crippen LogP contribution in [0.2, 0.25) is 0 Å². The van der Waals surface area contributed by atoms with Gasteiger partial charge in [0.25, 0.3) is 0 Å². The summed E-state index contributed by atoms with van der Waals surface area (Å²) in [7, 11) is 0. The molecule has 18 heavy (non-hydrogen) atoms. The topological polar surface area (TPSA) is 35.6 Å². The number of carbonyl (C=O) groups is 1. The number of rotatable bonds is 4. The smallest absolute Gasteiger partial charge is 0.223 e. The highest BCUT2D eigenvalue weighted by molar-refractivity contribution is 5.77. The molecule has 2 rings (SSSR count). The van der Waals surface area contributed by atoms with E-state index in [1.807, 2.05) is 0 Å². The summed E-state index contributed by atoms with van der Waals surface area (Å²) in [5, 5.41) is 3.38. The molecule has 0 aromatic rings. The minimum atomic E-state index is 0.364. The predicted molar refractivity (Wildman–Crippen MR) is 73.5 cm³/mol. The molecule has 4 nitrogen and oxygen atoms in total. The zero-order chi connectivity index (χ0) is 13.0. The average Bonchev–Trinajstić information content (AvgIpc) is 2.77. The van der Waals surface area contributed by atoms with Crippen LogP contribution in [0.5, 0.6) is 0 Å². The standard InChI is InChI=1S/C14H27N3O/c1-12(2)10-14(18)17-7-3-4-13(17)11-16-8-5-15-6-9-16/h12-13,15H,3-11H2,1-2H3. The van der Waals surface area contributed by atoms with Gasteiger partial charge in [0.1, 0.15) is 0 Å². The van der Waals surface area contributed by atoms with Gasteiger partial charge in [-0.1, -0.05) is 13.8 Å². The Morgan fingerprint density at radius 3 is 2.67 bits per heavy atom. The number of nitrogens with zero attached hydrogens (tertiary/aromatic N) is 2. The molecule has 2 saturated heterocycles. The summed E-state index contributed by atoms with van der Waals surface area (Å²) in [6.07, 6.45) is 3.08. The lowest BCUT2D eigenvalue weighted by Gasteiger charge is -2.33. The second-order valence-corrected chi connectivity index (χ2v) is 6.03. The van der Waals surface area contributed by atoms with Crippen LogP contribution >= 0.6 is 0 Å². The lowest BCUT2D eigenvalue weighted by molar-refractivity contribution is -0.133. The molecule has 0 aromatic heterocycles. The highest BCUT2D eigenvalue weighted by Gasteiger charge is 2.30. The van der Waals surface area contributed by atoms with Crippen molar-refractivity contribution in [1.82, 2.24) is 15.1 Å². The van der Waals surface area contributed by atoms with Crippen molar-refractivity contribution in [2.45, 2.75) is 39.2 Å². The fraction of sp³-hybridized carbons (Fsp3) is 0.929. The van der Waals surface area contributed by atoms with E-state index in [0.717, 1.165) is 39.3 Å². The van der Waals surface area contributed by atoms with Gasteiger partial charge in [0, 0.05) is 51.7 Å². The van der Waals surface area contributed by atoms with Crippen molar-refractivity contribution < 1.29 is 4.79 Å². The molecular formula is C14H27N3O. The third-order valence-corrected chi connectivity index (χ3v) is 3.96. The second kappa shape index (κ2) is 6.53. The molecule has 0 aliphatic carbocycles. The maximum atomic E-state index is 12.2. The highest BCUT2D eigenvalue weighted by Crippen LogP contribution is 2.20. The lowest BCUT2D eigenvalue weighted by atomic mass is 10.1. The Labute approximate surface area is 111 Å². The van der Waals surface area contributed by atoms with Crippen LogP contribution in [0.15, 0.2) is 0 Å². The zero-order valence-corrected chi connectivity index (χ0v) is 11.8. The maximum Gasteiger partial charge on any atom is 0.223 e. The summed E-state index contributed by atoms with van der Waals surface area (Å²) in [4.78, 5) is 16.8. The SMILES string of the molecule is CC(C)CC(=O)N1CCCC1CN1CCNCC1. The van der Waals surface area contributed by atoms with Crippen LogP contribution < -0.4 is 5.32 Å². The highest BCUT2D eigenvalue weighted by atomic mass is 16.2. The van der Waals surface area contributed by atoms with Gasteiger partial charge in [0.2, 0.25) is 5.91 Å². The third-order valence-electron chi connectivity index (χ3n) is 3.96. The zero-order valence-electron chi connectivity index (χ0n) is 11.8. The molecule has 0 bridgehead atoms. The number of piperazine rings is 1. The largest absolute Gasteiger partial charge is 0.338 e. The van der Waals surface area contributed by atoms with Crippen molar-refractivity contribution in [3.05, 3.63) is 0 Å². The van der Waals surface area contributed by atoms with Gasteiger partial charge in [-0.25, -0.2) is 0 Å². The average molecular weight is 253 g/mol. The van der Waals surface area contributed by atoms with Gasteiger partial charge >= 0.3 is 0 Å². The number of hydrogen-bond acceptors (Lipinski definition) is 3. The number of likely N-dealkylation sites (tertiary alicyclic amines) is 1.